The molecule has 0 aliphatic heterocycles. The molecule has 4 aromatic rings. The van der Waals surface area contributed by atoms with Crippen LogP contribution in [0.25, 0.3) is 10.9 Å². The SMILES string of the molecule is Cc1c(Cc2ccc(C(=N)N)cc2)[nH]c2ccc(NS(=O)(=O)c3ccccc3)cc12.Cl. The van der Waals surface area contributed by atoms with Gasteiger partial charge in [-0.25, -0.2) is 8.42 Å². The zero-order valence-electron chi connectivity index (χ0n) is 16.8. The van der Waals surface area contributed by atoms with E-state index in [2.05, 4.69) is 9.71 Å². The monoisotopic (exact) mass is 454 g/mol. The third-order valence-electron chi connectivity index (χ3n) is 5.11. The number of aryl methyl sites for hydroxylation is 1. The molecule has 1 heterocycles. The molecule has 160 valence electrons. The molecule has 6 nitrogen and oxygen atoms in total. The number of nitrogens with two attached hydrogens (primary N) is 1. The summed E-state index contributed by atoms with van der Waals surface area (Å²) in [5.74, 6) is 0.0498. The van der Waals surface area contributed by atoms with E-state index in [4.69, 9.17) is 11.1 Å². The van der Waals surface area contributed by atoms with Crippen LogP contribution in [0.2, 0.25) is 0 Å². The number of hydrogen-bond donors (Lipinski definition) is 4. The fourth-order valence-corrected chi connectivity index (χ4v) is 4.51. The van der Waals surface area contributed by atoms with E-state index in [-0.39, 0.29) is 23.1 Å². The fraction of sp³-hybridized carbons (Fsp3) is 0.0870. The molecule has 4 rings (SSSR count). The Morgan fingerprint density at radius 1 is 1.03 bits per heavy atom. The molecule has 0 atom stereocenters. The van der Waals surface area contributed by atoms with Crippen LogP contribution >= 0.6 is 12.4 Å². The molecular weight excluding hydrogens is 432 g/mol. The Morgan fingerprint density at radius 2 is 1.71 bits per heavy atom. The topological polar surface area (TPSA) is 112 Å². The summed E-state index contributed by atoms with van der Waals surface area (Å²) in [5, 5.41) is 8.47. The van der Waals surface area contributed by atoms with Gasteiger partial charge in [-0.2, -0.15) is 0 Å². The number of hydrogen-bond acceptors (Lipinski definition) is 3. The van der Waals surface area contributed by atoms with Crippen molar-refractivity contribution in [3.63, 3.8) is 0 Å². The first-order valence-corrected chi connectivity index (χ1v) is 10.9. The van der Waals surface area contributed by atoms with Crippen LogP contribution in [-0.2, 0) is 16.4 Å². The average molecular weight is 455 g/mol. The lowest BCUT2D eigenvalue weighted by molar-refractivity contribution is 0.601. The summed E-state index contributed by atoms with van der Waals surface area (Å²) >= 11 is 0. The minimum absolute atomic E-state index is 0. The average Bonchev–Trinajstić information content (AvgIpc) is 3.04. The molecule has 1 aromatic heterocycles. The van der Waals surface area contributed by atoms with E-state index in [1.54, 1.807) is 36.4 Å². The number of benzene rings is 3. The van der Waals surface area contributed by atoms with Gasteiger partial charge in [-0.1, -0.05) is 42.5 Å². The smallest absolute Gasteiger partial charge is 0.261 e. The quantitative estimate of drug-likeness (QED) is 0.253. The first kappa shape index (κ1) is 22.4. The Bertz CT molecular complexity index is 1330. The number of nitrogen functional groups attached to an aromatic ring is 1. The molecule has 0 aliphatic rings. The van der Waals surface area contributed by atoms with E-state index in [1.165, 1.54) is 0 Å². The lowest BCUT2D eigenvalue weighted by Crippen LogP contribution is -2.12. The molecule has 3 aromatic carbocycles. The van der Waals surface area contributed by atoms with Gasteiger partial charge in [-0.05, 0) is 48.4 Å². The number of halogens is 1. The van der Waals surface area contributed by atoms with Gasteiger partial charge in [0, 0.05) is 34.3 Å². The highest BCUT2D eigenvalue weighted by Gasteiger charge is 2.15. The maximum atomic E-state index is 12.6. The number of amidine groups is 1. The second-order valence-electron chi connectivity index (χ2n) is 7.19. The molecule has 0 saturated carbocycles. The van der Waals surface area contributed by atoms with Gasteiger partial charge in [0.25, 0.3) is 10.0 Å². The van der Waals surface area contributed by atoms with Gasteiger partial charge in [0.1, 0.15) is 5.84 Å². The number of sulfonamides is 1. The summed E-state index contributed by atoms with van der Waals surface area (Å²) in [6.07, 6.45) is 0.698. The first-order valence-electron chi connectivity index (χ1n) is 9.46. The third-order valence-corrected chi connectivity index (χ3v) is 6.51. The first-order chi connectivity index (χ1) is 14.3. The van der Waals surface area contributed by atoms with Crippen LogP contribution in [0, 0.1) is 12.3 Å². The van der Waals surface area contributed by atoms with Crippen LogP contribution in [0.5, 0.6) is 0 Å². The normalized spacial score (nSPS) is 11.1. The second-order valence-corrected chi connectivity index (χ2v) is 8.88. The summed E-state index contributed by atoms with van der Waals surface area (Å²) in [6, 6.07) is 21.4. The molecule has 31 heavy (non-hydrogen) atoms. The van der Waals surface area contributed by atoms with Crippen molar-refractivity contribution in [1.82, 2.24) is 4.98 Å². The Hall–Kier alpha value is -3.29. The van der Waals surface area contributed by atoms with E-state index in [1.807, 2.05) is 43.3 Å². The van der Waals surface area contributed by atoms with Crippen molar-refractivity contribution in [3.8, 4) is 0 Å². The van der Waals surface area contributed by atoms with E-state index in [9.17, 15) is 8.42 Å². The number of rotatable bonds is 6. The zero-order chi connectivity index (χ0) is 21.3. The second kappa shape index (κ2) is 8.83. The van der Waals surface area contributed by atoms with Crippen molar-refractivity contribution >= 4 is 44.9 Å². The van der Waals surface area contributed by atoms with Crippen LogP contribution in [0.15, 0.2) is 77.7 Å². The van der Waals surface area contributed by atoms with Crippen molar-refractivity contribution in [2.24, 2.45) is 5.73 Å². The molecule has 0 bridgehead atoms. The number of aromatic nitrogens is 1. The van der Waals surface area contributed by atoms with Gasteiger partial charge in [0.2, 0.25) is 0 Å². The Balaban J connectivity index is 0.00000272. The molecule has 0 fully saturated rings. The maximum Gasteiger partial charge on any atom is 0.261 e. The van der Waals surface area contributed by atoms with E-state index >= 15 is 0 Å². The summed E-state index contributed by atoms with van der Waals surface area (Å²) < 4.78 is 27.9. The summed E-state index contributed by atoms with van der Waals surface area (Å²) in [5.41, 5.74) is 10.9. The zero-order valence-corrected chi connectivity index (χ0v) is 18.5. The lowest BCUT2D eigenvalue weighted by atomic mass is 10.0. The minimum Gasteiger partial charge on any atom is -0.384 e. The number of aromatic amines is 1. The van der Waals surface area contributed by atoms with E-state index < -0.39 is 10.0 Å². The molecule has 0 spiro atoms. The number of nitrogens with one attached hydrogen (secondary N) is 3. The minimum atomic E-state index is -3.64. The van der Waals surface area contributed by atoms with Crippen molar-refractivity contribution in [3.05, 3.63) is 95.2 Å². The molecule has 8 heteroatoms. The van der Waals surface area contributed by atoms with Crippen LogP contribution in [0.4, 0.5) is 5.69 Å². The van der Waals surface area contributed by atoms with E-state index in [0.29, 0.717) is 17.7 Å². The highest BCUT2D eigenvalue weighted by molar-refractivity contribution is 7.92. The van der Waals surface area contributed by atoms with Gasteiger partial charge < -0.3 is 10.7 Å². The predicted octanol–water partition coefficient (Wildman–Crippen LogP) is 4.57. The summed E-state index contributed by atoms with van der Waals surface area (Å²) in [4.78, 5) is 3.65. The standard InChI is InChI=1S/C23H22N4O2S.ClH/c1-15-20-14-18(27-30(28,29)19-5-3-2-4-6-19)11-12-21(20)26-22(15)13-16-7-9-17(10-8-16)23(24)25;/h2-12,14,26-27H,13H2,1H3,(H3,24,25);1H. The van der Waals surface area contributed by atoms with Crippen molar-refractivity contribution in [2.75, 3.05) is 4.72 Å². The van der Waals surface area contributed by atoms with Crippen LogP contribution < -0.4 is 10.5 Å². The van der Waals surface area contributed by atoms with Gasteiger partial charge in [0.15, 0.2) is 0 Å². The summed E-state index contributed by atoms with van der Waals surface area (Å²) in [6.45, 7) is 2.02. The van der Waals surface area contributed by atoms with Gasteiger partial charge in [-0.3, -0.25) is 10.1 Å². The van der Waals surface area contributed by atoms with Crippen LogP contribution in [0.3, 0.4) is 0 Å². The molecule has 5 N–H and O–H groups in total. The number of H-pyrrole nitrogens is 1. The molecule has 0 amide bonds. The van der Waals surface area contributed by atoms with Crippen molar-refractivity contribution in [1.29, 1.82) is 5.41 Å². The van der Waals surface area contributed by atoms with Crippen LogP contribution in [-0.4, -0.2) is 19.2 Å². The predicted molar refractivity (Wildman–Crippen MR) is 128 cm³/mol. The molecule has 0 aliphatic carbocycles. The summed E-state index contributed by atoms with van der Waals surface area (Å²) in [7, 11) is -3.64. The highest BCUT2D eigenvalue weighted by atomic mass is 35.5. The lowest BCUT2D eigenvalue weighted by Gasteiger charge is -2.08. The van der Waals surface area contributed by atoms with Gasteiger partial charge >= 0.3 is 0 Å². The fourth-order valence-electron chi connectivity index (χ4n) is 3.44. The maximum absolute atomic E-state index is 12.6. The van der Waals surface area contributed by atoms with Crippen molar-refractivity contribution in [2.45, 2.75) is 18.2 Å². The largest absolute Gasteiger partial charge is 0.384 e. The Kier molecular flexibility index (Phi) is 6.38. The molecular formula is C23H23ClN4O2S. The van der Waals surface area contributed by atoms with Crippen LogP contribution in [0.1, 0.15) is 22.4 Å². The highest BCUT2D eigenvalue weighted by Crippen LogP contribution is 2.27. The molecule has 0 saturated heterocycles. The molecule has 0 unspecified atom stereocenters. The number of anilines is 1. The third kappa shape index (κ3) is 4.73. The number of fused-ring (bicyclic) bond motifs is 1. The van der Waals surface area contributed by atoms with Gasteiger partial charge in [-0.15, -0.1) is 12.4 Å². The van der Waals surface area contributed by atoms with Gasteiger partial charge in [0.05, 0.1) is 4.90 Å². The Labute approximate surface area is 187 Å². The Morgan fingerprint density at radius 3 is 2.35 bits per heavy atom. The van der Waals surface area contributed by atoms with E-state index in [0.717, 1.165) is 27.7 Å². The van der Waals surface area contributed by atoms with Crippen molar-refractivity contribution < 1.29 is 8.42 Å². The molecule has 0 radical (unpaired) electrons.